The first kappa shape index (κ1) is 21.5. The van der Waals surface area contributed by atoms with Gasteiger partial charge in [0.1, 0.15) is 5.75 Å². The van der Waals surface area contributed by atoms with Gasteiger partial charge in [0.25, 0.3) is 12.3 Å². The Morgan fingerprint density at radius 2 is 2.20 bits per heavy atom. The van der Waals surface area contributed by atoms with E-state index in [4.69, 9.17) is 16.7 Å². The zero-order valence-electron chi connectivity index (χ0n) is 17.6. The Morgan fingerprint density at radius 1 is 1.37 bits per heavy atom. The van der Waals surface area contributed by atoms with E-state index in [9.17, 15) is 5.26 Å². The van der Waals surface area contributed by atoms with Gasteiger partial charge in [-0.3, -0.25) is 4.85 Å². The minimum Gasteiger partial charge on any atom is -0.398 e. The van der Waals surface area contributed by atoms with Crippen molar-refractivity contribution < 1.29 is 13.5 Å². The summed E-state index contributed by atoms with van der Waals surface area (Å²) in [6, 6.07) is 6.29. The van der Waals surface area contributed by atoms with Gasteiger partial charge in [0.15, 0.2) is 6.07 Å². The van der Waals surface area contributed by atoms with Crippen molar-refractivity contribution in [1.82, 2.24) is 0 Å². The van der Waals surface area contributed by atoms with Gasteiger partial charge in [0.05, 0.1) is 5.92 Å². The minimum atomic E-state index is -0.490. The summed E-state index contributed by atoms with van der Waals surface area (Å²) in [5.74, 6) is 7.74. The summed E-state index contributed by atoms with van der Waals surface area (Å²) in [5.41, 5.74) is 4.13. The summed E-state index contributed by atoms with van der Waals surface area (Å²) in [4.78, 5) is 7.78. The molecule has 4 rings (SSSR count). The molecule has 0 radical (unpaired) electrons. The molecule has 0 heterocycles. The molecule has 7 heteroatoms. The molecule has 160 valence electrons. The largest absolute Gasteiger partial charge is 0.398 e. The van der Waals surface area contributed by atoms with Crippen LogP contribution in [0.4, 0.5) is 0 Å². The predicted octanol–water partition coefficient (Wildman–Crippen LogP) is 5.30. The molecule has 2 fully saturated rings. The Kier molecular flexibility index (Phi) is 6.27. The van der Waals surface area contributed by atoms with Gasteiger partial charge in [-0.05, 0) is 90.9 Å². The molecule has 2 N–H and O–H groups in total. The zero-order valence-corrected chi connectivity index (χ0v) is 18.4. The highest BCUT2D eigenvalue weighted by atomic mass is 32.2. The van der Waals surface area contributed by atoms with Crippen molar-refractivity contribution in [3.63, 3.8) is 0 Å². The molecule has 6 nitrogen and oxygen atoms in total. The number of fused-ring (bicyclic) bond motifs is 5. The van der Waals surface area contributed by atoms with Crippen LogP contribution in [0.3, 0.4) is 0 Å². The van der Waals surface area contributed by atoms with Crippen LogP contribution in [-0.4, -0.2) is 6.04 Å². The maximum Gasteiger partial charge on any atom is 0.310 e. The second-order valence-corrected chi connectivity index (χ2v) is 9.61. The third-order valence-electron chi connectivity index (χ3n) is 8.20. The molecule has 1 aromatic carbocycles. The topological polar surface area (TPSA) is 81.9 Å². The van der Waals surface area contributed by atoms with E-state index in [1.54, 1.807) is 0 Å². The van der Waals surface area contributed by atoms with Crippen LogP contribution in [0.5, 0.6) is 5.75 Å². The number of nitriles is 1. The van der Waals surface area contributed by atoms with Gasteiger partial charge in [-0.1, -0.05) is 19.9 Å². The fraction of sp³-hybridized carbons (Fsp3) is 0.652. The Morgan fingerprint density at radius 3 is 2.90 bits per heavy atom. The third kappa shape index (κ3) is 3.48. The van der Waals surface area contributed by atoms with Crippen molar-refractivity contribution in [2.45, 2.75) is 70.8 Å². The Balaban J connectivity index is 1.60. The molecule has 0 spiro atoms. The molecule has 0 saturated heterocycles. The lowest BCUT2D eigenvalue weighted by Gasteiger charge is -2.50. The maximum absolute atomic E-state index is 9.51. The fourth-order valence-corrected chi connectivity index (χ4v) is 7.12. The van der Waals surface area contributed by atoms with Gasteiger partial charge in [-0.25, -0.2) is 6.57 Å². The van der Waals surface area contributed by atoms with Crippen LogP contribution in [0, 0.1) is 41.1 Å². The number of aryl methyl sites for hydroxylation is 2. The van der Waals surface area contributed by atoms with E-state index in [0.717, 1.165) is 62.2 Å². The molecule has 3 aliphatic carbocycles. The van der Waals surface area contributed by atoms with E-state index in [1.165, 1.54) is 17.5 Å². The van der Waals surface area contributed by atoms with Crippen LogP contribution in [0.2, 0.25) is 0 Å². The van der Waals surface area contributed by atoms with Crippen LogP contribution >= 0.6 is 12.3 Å². The Labute approximate surface area is 183 Å². The molecule has 30 heavy (non-hydrogen) atoms. The summed E-state index contributed by atoms with van der Waals surface area (Å²) >= 11 is 0.731. The van der Waals surface area contributed by atoms with Gasteiger partial charge in [0, 0.05) is 0 Å². The van der Waals surface area contributed by atoms with Crippen LogP contribution in [-0.2, 0) is 22.2 Å². The average molecular weight is 428 g/mol. The van der Waals surface area contributed by atoms with E-state index in [0.29, 0.717) is 17.8 Å². The lowest BCUT2D eigenvalue weighted by atomic mass is 9.53. The van der Waals surface area contributed by atoms with Gasteiger partial charge in [0.2, 0.25) is 0 Å². The summed E-state index contributed by atoms with van der Waals surface area (Å²) in [6.07, 6.45) is 7.50. The number of rotatable bonds is 6. The van der Waals surface area contributed by atoms with E-state index in [2.05, 4.69) is 46.2 Å². The number of benzene rings is 1. The monoisotopic (exact) mass is 427 g/mol. The van der Waals surface area contributed by atoms with Crippen LogP contribution in [0.1, 0.15) is 68.6 Å². The van der Waals surface area contributed by atoms with E-state index < -0.39 is 6.04 Å². The molecular formula is C23H29N3O3S. The van der Waals surface area contributed by atoms with Gasteiger partial charge in [-0.15, -0.1) is 9.32 Å². The molecule has 1 unspecified atom stereocenters. The molecule has 2 saturated carbocycles. The van der Waals surface area contributed by atoms with Gasteiger partial charge in [-0.2, -0.15) is 11.2 Å². The van der Waals surface area contributed by atoms with Crippen LogP contribution in [0.25, 0.3) is 4.85 Å². The van der Waals surface area contributed by atoms with Gasteiger partial charge < -0.3 is 4.18 Å². The Hall–Kier alpha value is -1.77. The SMILES string of the molecule is [C-]#[N+]C(C#N)[C@H]1CC[C@H]2[C@@H]3CCc4cc(OSOON)c(CC)cc4[C@H]3CC[C@]12C. The van der Waals surface area contributed by atoms with Crippen molar-refractivity contribution in [3.8, 4) is 11.8 Å². The molecule has 1 aromatic rings. The highest BCUT2D eigenvalue weighted by molar-refractivity contribution is 7.90. The Bertz CT molecular complexity index is 866. The minimum absolute atomic E-state index is 0.121. The summed E-state index contributed by atoms with van der Waals surface area (Å²) in [7, 11) is 0. The summed E-state index contributed by atoms with van der Waals surface area (Å²) in [5, 5.41) is 9.51. The average Bonchev–Trinajstić information content (AvgIpc) is 3.11. The zero-order chi connectivity index (χ0) is 21.3. The first-order valence-electron chi connectivity index (χ1n) is 10.9. The van der Waals surface area contributed by atoms with Crippen molar-refractivity contribution >= 4 is 12.3 Å². The first-order chi connectivity index (χ1) is 14.6. The van der Waals surface area contributed by atoms with E-state index in [-0.39, 0.29) is 11.3 Å². The van der Waals surface area contributed by atoms with E-state index >= 15 is 0 Å². The normalized spacial score (nSPS) is 32.8. The van der Waals surface area contributed by atoms with Crippen molar-refractivity contribution in [3.05, 3.63) is 40.2 Å². The van der Waals surface area contributed by atoms with Gasteiger partial charge >= 0.3 is 6.04 Å². The third-order valence-corrected chi connectivity index (χ3v) is 8.59. The standard InChI is InChI=1S/C23H29N3O3S/c1-4-14-11-18-15(12-22(14)27-30-29-28-25)5-6-17-16(18)9-10-23(2)19(17)7-8-20(23)21(13-24)26-3/h11-12,16-17,19-21H,4-10,25H2,1-2H3/t16-,17+,19-,20+,21?,23-/m0/s1. The molecular weight excluding hydrogens is 398 g/mol. The molecule has 0 bridgehead atoms. The van der Waals surface area contributed by atoms with Crippen molar-refractivity contribution in [2.24, 2.45) is 29.1 Å². The molecule has 0 amide bonds. The maximum atomic E-state index is 9.51. The fourth-order valence-electron chi connectivity index (χ4n) is 6.83. The van der Waals surface area contributed by atoms with E-state index in [1.807, 2.05) is 0 Å². The smallest absolute Gasteiger partial charge is 0.310 e. The molecule has 0 aliphatic heterocycles. The number of nitrogens with zero attached hydrogens (tertiary/aromatic N) is 2. The molecule has 3 aliphatic rings. The number of nitrogens with two attached hydrogens (primary N) is 1. The quantitative estimate of drug-likeness (QED) is 0.218. The highest BCUT2D eigenvalue weighted by Crippen LogP contribution is 2.64. The van der Waals surface area contributed by atoms with Crippen LogP contribution in [0.15, 0.2) is 12.1 Å². The highest BCUT2D eigenvalue weighted by Gasteiger charge is 2.58. The van der Waals surface area contributed by atoms with Crippen molar-refractivity contribution in [2.75, 3.05) is 0 Å². The predicted molar refractivity (Wildman–Crippen MR) is 115 cm³/mol. The van der Waals surface area contributed by atoms with Crippen molar-refractivity contribution in [1.29, 1.82) is 5.26 Å². The van der Waals surface area contributed by atoms with Crippen LogP contribution < -0.4 is 10.1 Å². The first-order valence-corrected chi connectivity index (χ1v) is 11.5. The molecule has 0 aromatic heterocycles. The summed E-state index contributed by atoms with van der Waals surface area (Å²) in [6.45, 7) is 12.0. The second-order valence-electron chi connectivity index (χ2n) is 9.17. The molecule has 6 atom stereocenters. The lowest BCUT2D eigenvalue weighted by Crippen LogP contribution is -2.44. The number of hydrogen-bond donors (Lipinski definition) is 1. The summed E-state index contributed by atoms with van der Waals surface area (Å²) < 4.78 is 10.3. The number of hydrogen-bond acceptors (Lipinski definition) is 6. The second kappa shape index (κ2) is 8.77. The lowest BCUT2D eigenvalue weighted by molar-refractivity contribution is -0.199.